The maximum Gasteiger partial charge on any atom is 0.256 e. The van der Waals surface area contributed by atoms with Gasteiger partial charge in [0.05, 0.1) is 12.6 Å². The van der Waals surface area contributed by atoms with Crippen LogP contribution in [0.1, 0.15) is 28.8 Å². The molecule has 1 amide bonds. The summed E-state index contributed by atoms with van der Waals surface area (Å²) in [5.41, 5.74) is 3.05. The maximum atomic E-state index is 13.0. The summed E-state index contributed by atoms with van der Waals surface area (Å²) in [5.74, 6) is -0.104. The molecule has 0 fully saturated rings. The van der Waals surface area contributed by atoms with Crippen LogP contribution in [0.2, 0.25) is 0 Å². The lowest BCUT2D eigenvalue weighted by Gasteiger charge is -2.38. The Morgan fingerprint density at radius 1 is 1.22 bits per heavy atom. The first-order valence-electron chi connectivity index (χ1n) is 7.83. The molecule has 2 atom stereocenters. The number of fused-ring (bicyclic) bond motifs is 1. The third-order valence-electron chi connectivity index (χ3n) is 4.43. The van der Waals surface area contributed by atoms with E-state index in [1.165, 1.54) is 5.56 Å². The van der Waals surface area contributed by atoms with Gasteiger partial charge in [0, 0.05) is 13.7 Å². The molecule has 1 heterocycles. The molecule has 0 bridgehead atoms. The maximum absolute atomic E-state index is 13.0. The Kier molecular flexibility index (Phi) is 4.74. The zero-order valence-corrected chi connectivity index (χ0v) is 13.2. The fourth-order valence-corrected chi connectivity index (χ4v) is 3.27. The molecule has 0 unspecified atom stereocenters. The van der Waals surface area contributed by atoms with Crippen molar-refractivity contribution in [1.29, 1.82) is 0 Å². The number of hydrogen-bond donors (Lipinski definition) is 1. The number of amides is 1. The zero-order valence-electron chi connectivity index (χ0n) is 13.2. The summed E-state index contributed by atoms with van der Waals surface area (Å²) in [6.45, 7) is 0.502. The van der Waals surface area contributed by atoms with Gasteiger partial charge in [-0.25, -0.2) is 0 Å². The fourth-order valence-electron chi connectivity index (χ4n) is 3.27. The number of carbonyl (C=O) groups excluding carboxylic acids is 1. The summed E-state index contributed by atoms with van der Waals surface area (Å²) in [4.78, 5) is 14.7. The van der Waals surface area contributed by atoms with E-state index in [0.717, 1.165) is 17.5 Å². The molecule has 0 aliphatic carbocycles. The summed E-state index contributed by atoms with van der Waals surface area (Å²) in [6.07, 6.45) is 0.152. The van der Waals surface area contributed by atoms with Gasteiger partial charge in [0.1, 0.15) is 0 Å². The van der Waals surface area contributed by atoms with Crippen LogP contribution in [0.25, 0.3) is 0 Å². The highest BCUT2D eigenvalue weighted by Gasteiger charge is 2.34. The molecule has 120 valence electrons. The second-order valence-corrected chi connectivity index (χ2v) is 5.71. The van der Waals surface area contributed by atoms with E-state index in [0.29, 0.717) is 6.54 Å². The van der Waals surface area contributed by atoms with Gasteiger partial charge < -0.3 is 14.7 Å². The molecule has 0 saturated carbocycles. The molecule has 1 aliphatic heterocycles. The minimum Gasteiger partial charge on any atom is -0.394 e. The van der Waals surface area contributed by atoms with E-state index >= 15 is 0 Å². The summed E-state index contributed by atoms with van der Waals surface area (Å²) < 4.78 is 5.46. The van der Waals surface area contributed by atoms with Gasteiger partial charge in [-0.05, 0) is 23.1 Å². The van der Waals surface area contributed by atoms with Gasteiger partial charge in [-0.2, -0.15) is 0 Å². The standard InChI is InChI=1S/C19H21NO3/c1-23-18(15-8-3-2-4-9-15)19(22)20-12-11-14-7-5-6-10-16(14)17(20)13-21/h2-10,17-18,21H,11-13H2,1H3/t17-,18+/m1/s1. The van der Waals surface area contributed by atoms with Crippen molar-refractivity contribution in [2.45, 2.75) is 18.6 Å². The Labute approximate surface area is 136 Å². The van der Waals surface area contributed by atoms with Crippen LogP contribution < -0.4 is 0 Å². The predicted molar refractivity (Wildman–Crippen MR) is 87.9 cm³/mol. The van der Waals surface area contributed by atoms with Crippen molar-refractivity contribution < 1.29 is 14.6 Å². The first kappa shape index (κ1) is 15.7. The van der Waals surface area contributed by atoms with Crippen molar-refractivity contribution in [3.05, 3.63) is 71.3 Å². The molecule has 0 radical (unpaired) electrons. The predicted octanol–water partition coefficient (Wildman–Crippen LogP) is 2.49. The summed E-state index contributed by atoms with van der Waals surface area (Å²) >= 11 is 0. The second kappa shape index (κ2) is 6.94. The SMILES string of the molecule is CO[C@H](C(=O)N1CCc2ccccc2[C@H]1CO)c1ccccc1. The largest absolute Gasteiger partial charge is 0.394 e. The van der Waals surface area contributed by atoms with E-state index in [9.17, 15) is 9.90 Å². The van der Waals surface area contributed by atoms with Crippen molar-refractivity contribution in [2.24, 2.45) is 0 Å². The molecule has 4 heteroatoms. The van der Waals surface area contributed by atoms with Crippen molar-refractivity contribution in [2.75, 3.05) is 20.3 Å². The minimum atomic E-state index is -0.643. The van der Waals surface area contributed by atoms with Gasteiger partial charge in [0.15, 0.2) is 6.10 Å². The Balaban J connectivity index is 1.90. The number of benzene rings is 2. The monoisotopic (exact) mass is 311 g/mol. The molecule has 4 nitrogen and oxygen atoms in total. The van der Waals surface area contributed by atoms with Crippen LogP contribution in [0.15, 0.2) is 54.6 Å². The smallest absolute Gasteiger partial charge is 0.256 e. The number of methoxy groups -OCH3 is 1. The molecule has 2 aromatic carbocycles. The van der Waals surface area contributed by atoms with Crippen LogP contribution in [0.5, 0.6) is 0 Å². The fraction of sp³-hybridized carbons (Fsp3) is 0.316. The summed E-state index contributed by atoms with van der Waals surface area (Å²) in [5, 5.41) is 9.85. The number of carbonyl (C=O) groups is 1. The van der Waals surface area contributed by atoms with Gasteiger partial charge in [-0.1, -0.05) is 54.6 Å². The first-order chi connectivity index (χ1) is 11.3. The number of ether oxygens (including phenoxy) is 1. The number of aliphatic hydroxyl groups excluding tert-OH is 1. The molecule has 1 N–H and O–H groups in total. The van der Waals surface area contributed by atoms with Gasteiger partial charge >= 0.3 is 0 Å². The van der Waals surface area contributed by atoms with Crippen LogP contribution in [-0.4, -0.2) is 36.2 Å². The third-order valence-corrected chi connectivity index (χ3v) is 4.43. The van der Waals surface area contributed by atoms with Crippen LogP contribution in [0.4, 0.5) is 0 Å². The molecular formula is C19H21NO3. The number of aliphatic hydroxyl groups is 1. The lowest BCUT2D eigenvalue weighted by molar-refractivity contribution is -0.146. The summed E-state index contributed by atoms with van der Waals surface area (Å²) in [7, 11) is 1.54. The lowest BCUT2D eigenvalue weighted by Crippen LogP contribution is -2.44. The van der Waals surface area contributed by atoms with Gasteiger partial charge in [-0.3, -0.25) is 4.79 Å². The highest BCUT2D eigenvalue weighted by Crippen LogP contribution is 2.32. The highest BCUT2D eigenvalue weighted by molar-refractivity contribution is 5.83. The summed E-state index contributed by atoms with van der Waals surface area (Å²) in [6, 6.07) is 17.1. The van der Waals surface area contributed by atoms with Crippen molar-refractivity contribution in [3.8, 4) is 0 Å². The zero-order chi connectivity index (χ0) is 16.2. The Bertz CT molecular complexity index is 671. The van der Waals surface area contributed by atoms with E-state index < -0.39 is 6.10 Å². The van der Waals surface area contributed by atoms with E-state index in [4.69, 9.17) is 4.74 Å². The van der Waals surface area contributed by atoms with E-state index in [2.05, 4.69) is 6.07 Å². The van der Waals surface area contributed by atoms with Crippen molar-refractivity contribution >= 4 is 5.91 Å². The molecule has 0 aromatic heterocycles. The van der Waals surface area contributed by atoms with Gasteiger partial charge in [-0.15, -0.1) is 0 Å². The van der Waals surface area contributed by atoms with Crippen LogP contribution in [0, 0.1) is 0 Å². The first-order valence-corrected chi connectivity index (χ1v) is 7.83. The third kappa shape index (κ3) is 3.00. The van der Waals surface area contributed by atoms with Crippen LogP contribution >= 0.6 is 0 Å². The minimum absolute atomic E-state index is 0.0893. The average Bonchev–Trinajstić information content (AvgIpc) is 2.62. The van der Waals surface area contributed by atoms with Gasteiger partial charge in [0.2, 0.25) is 0 Å². The molecule has 0 saturated heterocycles. The molecule has 23 heavy (non-hydrogen) atoms. The van der Waals surface area contributed by atoms with E-state index in [1.54, 1.807) is 12.0 Å². The normalized spacial score (nSPS) is 18.3. The Morgan fingerprint density at radius 2 is 1.91 bits per heavy atom. The van der Waals surface area contributed by atoms with E-state index in [-0.39, 0.29) is 18.6 Å². The Hall–Kier alpha value is -2.17. The van der Waals surface area contributed by atoms with Crippen LogP contribution in [0.3, 0.4) is 0 Å². The second-order valence-electron chi connectivity index (χ2n) is 5.71. The molecule has 1 aliphatic rings. The van der Waals surface area contributed by atoms with Crippen LogP contribution in [-0.2, 0) is 16.0 Å². The molecular weight excluding hydrogens is 290 g/mol. The number of rotatable bonds is 4. The van der Waals surface area contributed by atoms with Crippen molar-refractivity contribution in [3.63, 3.8) is 0 Å². The van der Waals surface area contributed by atoms with Gasteiger partial charge in [0.25, 0.3) is 5.91 Å². The van der Waals surface area contributed by atoms with Crippen molar-refractivity contribution in [1.82, 2.24) is 4.90 Å². The lowest BCUT2D eigenvalue weighted by atomic mass is 9.92. The molecule has 2 aromatic rings. The molecule has 3 rings (SSSR count). The number of hydrogen-bond acceptors (Lipinski definition) is 3. The topological polar surface area (TPSA) is 49.8 Å². The number of nitrogens with zero attached hydrogens (tertiary/aromatic N) is 1. The van der Waals surface area contributed by atoms with E-state index in [1.807, 2.05) is 48.5 Å². The average molecular weight is 311 g/mol. The molecule has 0 spiro atoms. The Morgan fingerprint density at radius 3 is 2.61 bits per heavy atom. The quantitative estimate of drug-likeness (QED) is 0.944. The highest BCUT2D eigenvalue weighted by atomic mass is 16.5.